The third kappa shape index (κ3) is 3.39. The second-order valence-corrected chi connectivity index (χ2v) is 5.04. The van der Waals surface area contributed by atoms with Crippen molar-refractivity contribution < 1.29 is 22.8 Å². The van der Waals surface area contributed by atoms with E-state index >= 15 is 0 Å². The normalized spacial score (nSPS) is 25.3. The maximum Gasteiger partial charge on any atom is 0.390 e. The minimum Gasteiger partial charge on any atom is -0.340 e. The van der Waals surface area contributed by atoms with E-state index in [9.17, 15) is 22.8 Å². The molecule has 19 heavy (non-hydrogen) atoms. The second-order valence-electron chi connectivity index (χ2n) is 5.04. The number of hydrogen-bond donors (Lipinski definition) is 0. The fraction of sp³-hybridized carbons (Fsp3) is 0.833. The van der Waals surface area contributed by atoms with Gasteiger partial charge in [-0.05, 0) is 19.3 Å². The highest BCUT2D eigenvalue weighted by molar-refractivity contribution is 5.90. The highest BCUT2D eigenvalue weighted by Gasteiger charge is 2.38. The molecule has 0 aromatic rings. The molecule has 4 nitrogen and oxygen atoms in total. The number of fused-ring (bicyclic) bond motifs is 1. The molecular formula is C12H17F3N2O2. The number of rotatable bonds is 2. The van der Waals surface area contributed by atoms with Gasteiger partial charge in [-0.15, -0.1) is 0 Å². The van der Waals surface area contributed by atoms with Crippen molar-refractivity contribution in [1.29, 1.82) is 0 Å². The van der Waals surface area contributed by atoms with Crippen LogP contribution in [0.5, 0.6) is 0 Å². The number of carbonyl (C=O) groups excluding carboxylic acids is 2. The summed E-state index contributed by atoms with van der Waals surface area (Å²) in [7, 11) is 0. The van der Waals surface area contributed by atoms with Crippen LogP contribution in [0.15, 0.2) is 0 Å². The van der Waals surface area contributed by atoms with E-state index in [-0.39, 0.29) is 31.3 Å². The summed E-state index contributed by atoms with van der Waals surface area (Å²) in [6.07, 6.45) is -2.90. The zero-order valence-corrected chi connectivity index (χ0v) is 10.6. The predicted octanol–water partition coefficient (Wildman–Crippen LogP) is 1.55. The van der Waals surface area contributed by atoms with E-state index < -0.39 is 18.6 Å². The molecule has 2 aliphatic rings. The molecule has 2 amide bonds. The van der Waals surface area contributed by atoms with Crippen LogP contribution in [0.4, 0.5) is 13.2 Å². The molecule has 2 heterocycles. The van der Waals surface area contributed by atoms with Crippen LogP contribution in [0.1, 0.15) is 32.1 Å². The summed E-state index contributed by atoms with van der Waals surface area (Å²) >= 11 is 0. The fourth-order valence-corrected chi connectivity index (χ4v) is 2.67. The minimum absolute atomic E-state index is 0.0980. The average molecular weight is 278 g/mol. The van der Waals surface area contributed by atoms with Crippen molar-refractivity contribution in [2.75, 3.05) is 19.6 Å². The first-order chi connectivity index (χ1) is 8.88. The van der Waals surface area contributed by atoms with Crippen LogP contribution >= 0.6 is 0 Å². The van der Waals surface area contributed by atoms with Crippen molar-refractivity contribution in [3.8, 4) is 0 Å². The van der Waals surface area contributed by atoms with Crippen LogP contribution in [0.25, 0.3) is 0 Å². The molecule has 108 valence electrons. The Kier molecular flexibility index (Phi) is 4.01. The smallest absolute Gasteiger partial charge is 0.340 e. The van der Waals surface area contributed by atoms with Gasteiger partial charge in [0.25, 0.3) is 0 Å². The lowest BCUT2D eigenvalue weighted by atomic mass is 10.0. The molecule has 0 aromatic carbocycles. The van der Waals surface area contributed by atoms with Gasteiger partial charge in [-0.25, -0.2) is 0 Å². The summed E-state index contributed by atoms with van der Waals surface area (Å²) in [5.74, 6) is -0.442. The molecule has 1 atom stereocenters. The van der Waals surface area contributed by atoms with Crippen LogP contribution in [-0.4, -0.2) is 53.5 Å². The number of hydrogen-bond acceptors (Lipinski definition) is 2. The largest absolute Gasteiger partial charge is 0.390 e. The van der Waals surface area contributed by atoms with Gasteiger partial charge in [-0.3, -0.25) is 9.59 Å². The first kappa shape index (κ1) is 14.1. The van der Waals surface area contributed by atoms with E-state index in [2.05, 4.69) is 0 Å². The highest BCUT2D eigenvalue weighted by Crippen LogP contribution is 2.25. The SMILES string of the molecule is O=C1C2CCCCN2C(=O)CCN1CCC(F)(F)F. The van der Waals surface area contributed by atoms with Gasteiger partial charge in [0.2, 0.25) is 11.8 Å². The monoisotopic (exact) mass is 278 g/mol. The third-order valence-electron chi connectivity index (χ3n) is 3.68. The molecule has 1 unspecified atom stereocenters. The molecule has 0 bridgehead atoms. The van der Waals surface area contributed by atoms with Crippen LogP contribution in [0, 0.1) is 0 Å². The van der Waals surface area contributed by atoms with Crippen LogP contribution in [0.3, 0.4) is 0 Å². The third-order valence-corrected chi connectivity index (χ3v) is 3.68. The van der Waals surface area contributed by atoms with Crippen molar-refractivity contribution in [2.45, 2.75) is 44.3 Å². The van der Waals surface area contributed by atoms with Gasteiger partial charge >= 0.3 is 6.18 Å². The molecule has 2 saturated heterocycles. The van der Waals surface area contributed by atoms with Gasteiger partial charge in [0, 0.05) is 26.1 Å². The molecule has 0 spiro atoms. The zero-order valence-electron chi connectivity index (χ0n) is 10.6. The number of amides is 2. The van der Waals surface area contributed by atoms with Gasteiger partial charge in [0.1, 0.15) is 6.04 Å². The van der Waals surface area contributed by atoms with Gasteiger partial charge in [0.15, 0.2) is 0 Å². The number of carbonyl (C=O) groups is 2. The zero-order chi connectivity index (χ0) is 14.0. The molecule has 2 rings (SSSR count). The number of alkyl halides is 3. The maximum atomic E-state index is 12.2. The molecule has 0 radical (unpaired) electrons. The van der Waals surface area contributed by atoms with Crippen LogP contribution in [-0.2, 0) is 9.59 Å². The number of halogens is 3. The Morgan fingerprint density at radius 1 is 1.16 bits per heavy atom. The molecule has 2 fully saturated rings. The predicted molar refractivity (Wildman–Crippen MR) is 61.2 cm³/mol. The van der Waals surface area contributed by atoms with Crippen molar-refractivity contribution in [1.82, 2.24) is 9.80 Å². The molecular weight excluding hydrogens is 261 g/mol. The van der Waals surface area contributed by atoms with Gasteiger partial charge in [-0.2, -0.15) is 13.2 Å². The van der Waals surface area contributed by atoms with E-state index in [0.717, 1.165) is 12.8 Å². The molecule has 2 aliphatic heterocycles. The van der Waals surface area contributed by atoms with Gasteiger partial charge in [-0.1, -0.05) is 0 Å². The summed E-state index contributed by atoms with van der Waals surface area (Å²) in [6.45, 7) is 0.295. The molecule has 0 aromatic heterocycles. The Bertz CT molecular complexity index is 370. The standard InChI is InChI=1S/C12H17F3N2O2/c13-12(14,15)5-8-16-7-4-10(18)17-6-2-1-3-9(17)11(16)19/h9H,1-8H2. The second kappa shape index (κ2) is 5.38. The lowest BCUT2D eigenvalue weighted by Gasteiger charge is -2.34. The highest BCUT2D eigenvalue weighted by atomic mass is 19.4. The first-order valence-electron chi connectivity index (χ1n) is 6.53. The maximum absolute atomic E-state index is 12.2. The summed E-state index contributed by atoms with van der Waals surface area (Å²) in [6, 6.07) is -0.544. The Morgan fingerprint density at radius 2 is 1.89 bits per heavy atom. The molecule has 0 saturated carbocycles. The van der Waals surface area contributed by atoms with E-state index in [1.807, 2.05) is 0 Å². The van der Waals surface area contributed by atoms with Crippen LogP contribution in [0.2, 0.25) is 0 Å². The summed E-state index contributed by atoms with van der Waals surface area (Å²) in [5, 5.41) is 0. The summed E-state index contributed by atoms with van der Waals surface area (Å²) in [5.41, 5.74) is 0. The number of piperidine rings is 1. The molecule has 0 N–H and O–H groups in total. The average Bonchev–Trinajstić information content (AvgIpc) is 2.47. The van der Waals surface area contributed by atoms with E-state index in [0.29, 0.717) is 13.0 Å². The Balaban J connectivity index is 2.05. The van der Waals surface area contributed by atoms with Gasteiger partial charge < -0.3 is 9.80 Å². The van der Waals surface area contributed by atoms with E-state index in [1.165, 1.54) is 4.90 Å². The summed E-state index contributed by atoms with van der Waals surface area (Å²) < 4.78 is 36.7. The number of nitrogens with zero attached hydrogens (tertiary/aromatic N) is 2. The molecule has 0 aliphatic carbocycles. The van der Waals surface area contributed by atoms with Crippen molar-refractivity contribution in [2.24, 2.45) is 0 Å². The van der Waals surface area contributed by atoms with Crippen molar-refractivity contribution in [3.05, 3.63) is 0 Å². The first-order valence-corrected chi connectivity index (χ1v) is 6.53. The van der Waals surface area contributed by atoms with E-state index in [1.54, 1.807) is 4.90 Å². The molecule has 7 heteroatoms. The Hall–Kier alpha value is -1.27. The van der Waals surface area contributed by atoms with E-state index in [4.69, 9.17) is 0 Å². The quantitative estimate of drug-likeness (QED) is 0.769. The van der Waals surface area contributed by atoms with Crippen molar-refractivity contribution >= 4 is 11.8 Å². The summed E-state index contributed by atoms with van der Waals surface area (Å²) in [4.78, 5) is 26.8. The Morgan fingerprint density at radius 3 is 2.58 bits per heavy atom. The Labute approximate surface area is 109 Å². The van der Waals surface area contributed by atoms with Crippen molar-refractivity contribution in [3.63, 3.8) is 0 Å². The van der Waals surface area contributed by atoms with Gasteiger partial charge in [0.05, 0.1) is 6.42 Å². The topological polar surface area (TPSA) is 40.6 Å². The van der Waals surface area contributed by atoms with Crippen LogP contribution < -0.4 is 0 Å². The lowest BCUT2D eigenvalue weighted by Crippen LogP contribution is -2.50. The fourth-order valence-electron chi connectivity index (χ4n) is 2.67. The lowest BCUT2D eigenvalue weighted by molar-refractivity contribution is -0.149. The minimum atomic E-state index is -4.27.